The number of carboxylic acids is 2. The Morgan fingerprint density at radius 1 is 0.538 bits per heavy atom. The van der Waals surface area contributed by atoms with Gasteiger partial charge in [-0.05, 0) is 0 Å². The lowest BCUT2D eigenvalue weighted by Gasteiger charge is -2.32. The highest BCUT2D eigenvalue weighted by Gasteiger charge is 2.49. The van der Waals surface area contributed by atoms with Crippen molar-refractivity contribution in [3.63, 3.8) is 0 Å². The van der Waals surface area contributed by atoms with Gasteiger partial charge in [-0.15, -0.1) is 0 Å². The molecule has 4 atom stereocenters. The van der Waals surface area contributed by atoms with Gasteiger partial charge in [-0.2, -0.15) is 0 Å². The third-order valence-corrected chi connectivity index (χ3v) is 2.60. The lowest BCUT2D eigenvalue weighted by Crippen LogP contribution is -2.56. The predicted molar refractivity (Wildman–Crippen MR) is 77.5 cm³/mol. The Bertz CT molecular complexity index is 543. The normalized spacial score (nSPS) is 14.8. The molecule has 0 aliphatic rings. The van der Waals surface area contributed by atoms with Gasteiger partial charge in [-0.3, -0.25) is 19.2 Å². The Balaban J connectivity index is 6.20. The van der Waals surface area contributed by atoms with Crippen LogP contribution >= 0.6 is 0 Å². The first-order valence-corrected chi connectivity index (χ1v) is 7.01. The van der Waals surface area contributed by atoms with E-state index in [1.807, 2.05) is 0 Å². The van der Waals surface area contributed by atoms with Gasteiger partial charge in [0.1, 0.15) is 0 Å². The van der Waals surface area contributed by atoms with Crippen molar-refractivity contribution in [3.05, 3.63) is 0 Å². The standard InChI is InChI=1S/C14H18O12/c1-5(15)23-9(11(13(19)20)25-7(3)17)10(24-6(2)16)12(14(21)22)26-8(4)18/h9-12H,1-4H3,(H,19,20)(H,21,22). The summed E-state index contributed by atoms with van der Waals surface area (Å²) in [6.45, 7) is 3.41. The second kappa shape index (κ2) is 9.96. The molecule has 12 heteroatoms. The van der Waals surface area contributed by atoms with Gasteiger partial charge < -0.3 is 29.2 Å². The molecule has 4 unspecified atom stereocenters. The molecule has 0 saturated heterocycles. The van der Waals surface area contributed by atoms with E-state index in [1.54, 1.807) is 0 Å². The molecule has 0 aliphatic heterocycles. The largest absolute Gasteiger partial charge is 0.478 e. The third kappa shape index (κ3) is 7.59. The minimum atomic E-state index is -2.24. The summed E-state index contributed by atoms with van der Waals surface area (Å²) in [4.78, 5) is 67.7. The molecule has 0 radical (unpaired) electrons. The summed E-state index contributed by atoms with van der Waals surface area (Å²) >= 11 is 0. The zero-order chi connectivity index (χ0) is 20.6. The summed E-state index contributed by atoms with van der Waals surface area (Å²) in [7, 11) is 0. The number of esters is 4. The van der Waals surface area contributed by atoms with E-state index >= 15 is 0 Å². The molecule has 0 amide bonds. The van der Waals surface area contributed by atoms with Gasteiger partial charge in [-0.1, -0.05) is 0 Å². The Hall–Kier alpha value is -3.18. The predicted octanol–water partition coefficient (Wildman–Crippen LogP) is -1.12. The number of carboxylic acid groups (broad SMARTS) is 2. The number of hydrogen-bond donors (Lipinski definition) is 2. The van der Waals surface area contributed by atoms with E-state index in [1.165, 1.54) is 0 Å². The van der Waals surface area contributed by atoms with Crippen LogP contribution in [-0.4, -0.2) is 70.4 Å². The first-order chi connectivity index (χ1) is 11.9. The Morgan fingerprint density at radius 3 is 0.923 bits per heavy atom. The monoisotopic (exact) mass is 378 g/mol. The van der Waals surface area contributed by atoms with Crippen LogP contribution in [0.25, 0.3) is 0 Å². The summed E-state index contributed by atoms with van der Waals surface area (Å²) < 4.78 is 18.5. The maximum atomic E-state index is 11.4. The number of ether oxygens (including phenoxy) is 4. The van der Waals surface area contributed by atoms with Crippen LogP contribution in [0.2, 0.25) is 0 Å². The molecule has 0 aromatic carbocycles. The van der Waals surface area contributed by atoms with Crippen molar-refractivity contribution in [1.29, 1.82) is 0 Å². The molecule has 0 heterocycles. The van der Waals surface area contributed by atoms with Gasteiger partial charge in [0.2, 0.25) is 12.2 Å². The molecule has 0 spiro atoms. The van der Waals surface area contributed by atoms with Gasteiger partial charge in [0.25, 0.3) is 0 Å². The summed E-state index contributed by atoms with van der Waals surface area (Å²) in [5.41, 5.74) is 0. The molecule has 0 aromatic rings. The van der Waals surface area contributed by atoms with Crippen LogP contribution in [0.1, 0.15) is 27.7 Å². The zero-order valence-electron chi connectivity index (χ0n) is 14.3. The maximum absolute atomic E-state index is 11.4. The van der Waals surface area contributed by atoms with Gasteiger partial charge in [0, 0.05) is 27.7 Å². The average Bonchev–Trinajstić information content (AvgIpc) is 2.44. The molecule has 12 nitrogen and oxygen atoms in total. The van der Waals surface area contributed by atoms with Crippen LogP contribution in [0.4, 0.5) is 0 Å². The smallest absolute Gasteiger partial charge is 0.349 e. The highest BCUT2D eigenvalue weighted by molar-refractivity contribution is 5.81. The van der Waals surface area contributed by atoms with E-state index in [0.29, 0.717) is 0 Å². The van der Waals surface area contributed by atoms with Crippen LogP contribution in [0.3, 0.4) is 0 Å². The van der Waals surface area contributed by atoms with Crippen molar-refractivity contribution in [2.75, 3.05) is 0 Å². The summed E-state index contributed by atoms with van der Waals surface area (Å²) in [5.74, 6) is -8.05. The van der Waals surface area contributed by atoms with Crippen LogP contribution in [0, 0.1) is 0 Å². The summed E-state index contributed by atoms with van der Waals surface area (Å²) in [6, 6.07) is 0. The number of rotatable bonds is 9. The van der Waals surface area contributed by atoms with E-state index in [2.05, 4.69) is 9.47 Å². The second-order valence-electron chi connectivity index (χ2n) is 4.88. The first-order valence-electron chi connectivity index (χ1n) is 7.01. The minimum Gasteiger partial charge on any atom is -0.478 e. The van der Waals surface area contributed by atoms with Gasteiger partial charge in [-0.25, -0.2) is 9.59 Å². The van der Waals surface area contributed by atoms with Crippen LogP contribution in [-0.2, 0) is 47.7 Å². The highest BCUT2D eigenvalue weighted by Crippen LogP contribution is 2.20. The van der Waals surface area contributed by atoms with Crippen molar-refractivity contribution >= 4 is 35.8 Å². The van der Waals surface area contributed by atoms with Crippen molar-refractivity contribution in [3.8, 4) is 0 Å². The van der Waals surface area contributed by atoms with Crippen LogP contribution < -0.4 is 0 Å². The molecule has 0 saturated carbocycles. The Labute approximate surface area is 146 Å². The van der Waals surface area contributed by atoms with Crippen molar-refractivity contribution in [2.24, 2.45) is 0 Å². The molecule has 0 aromatic heterocycles. The fourth-order valence-corrected chi connectivity index (χ4v) is 1.86. The van der Waals surface area contributed by atoms with E-state index in [0.717, 1.165) is 27.7 Å². The van der Waals surface area contributed by atoms with E-state index in [4.69, 9.17) is 9.47 Å². The van der Waals surface area contributed by atoms with E-state index < -0.39 is 60.2 Å². The fourth-order valence-electron chi connectivity index (χ4n) is 1.86. The lowest BCUT2D eigenvalue weighted by molar-refractivity contribution is -0.206. The van der Waals surface area contributed by atoms with Crippen molar-refractivity contribution in [2.45, 2.75) is 52.1 Å². The van der Waals surface area contributed by atoms with Gasteiger partial charge >= 0.3 is 35.8 Å². The molecule has 0 fully saturated rings. The van der Waals surface area contributed by atoms with Crippen molar-refractivity contribution < 1.29 is 57.9 Å². The Kier molecular flexibility index (Phi) is 8.74. The molecule has 146 valence electrons. The lowest BCUT2D eigenvalue weighted by atomic mass is 10.0. The molecule has 26 heavy (non-hydrogen) atoms. The maximum Gasteiger partial charge on any atom is 0.349 e. The zero-order valence-corrected chi connectivity index (χ0v) is 14.3. The molecule has 0 rings (SSSR count). The highest BCUT2D eigenvalue weighted by atomic mass is 16.6. The molecule has 2 N–H and O–H groups in total. The first kappa shape index (κ1) is 22.8. The molecular weight excluding hydrogens is 360 g/mol. The minimum absolute atomic E-state index is 0.850. The molecular formula is C14H18O12. The van der Waals surface area contributed by atoms with Gasteiger partial charge in [0.15, 0.2) is 12.2 Å². The second-order valence-corrected chi connectivity index (χ2v) is 4.88. The SMILES string of the molecule is CC(=O)OC(C(=O)O)C(OC(C)=O)C(OC(C)=O)C(OC(C)=O)C(=O)O. The van der Waals surface area contributed by atoms with Gasteiger partial charge in [0.05, 0.1) is 0 Å². The van der Waals surface area contributed by atoms with Crippen LogP contribution in [0.5, 0.6) is 0 Å². The third-order valence-electron chi connectivity index (χ3n) is 2.60. The number of hydrogen-bond acceptors (Lipinski definition) is 10. The Morgan fingerprint density at radius 2 is 0.769 bits per heavy atom. The topological polar surface area (TPSA) is 180 Å². The number of carbonyl (C=O) groups is 6. The summed E-state index contributed by atoms with van der Waals surface area (Å²) in [5, 5.41) is 18.5. The van der Waals surface area contributed by atoms with E-state index in [-0.39, 0.29) is 0 Å². The quantitative estimate of drug-likeness (QED) is 0.365. The molecule has 0 bridgehead atoms. The fraction of sp³-hybridized carbons (Fsp3) is 0.571. The van der Waals surface area contributed by atoms with Crippen molar-refractivity contribution in [1.82, 2.24) is 0 Å². The summed E-state index contributed by atoms with van der Waals surface area (Å²) in [6.07, 6.45) is -8.70. The number of carbonyl (C=O) groups excluding carboxylic acids is 4. The van der Waals surface area contributed by atoms with E-state index in [9.17, 15) is 39.0 Å². The van der Waals surface area contributed by atoms with Crippen LogP contribution in [0.15, 0.2) is 0 Å². The molecule has 0 aliphatic carbocycles. The number of aliphatic carboxylic acids is 2. The average molecular weight is 378 g/mol.